The number of benzene rings is 2. The van der Waals surface area contributed by atoms with Crippen LogP contribution >= 0.6 is 11.6 Å². The van der Waals surface area contributed by atoms with Gasteiger partial charge in [-0.05, 0) is 60.7 Å². The van der Waals surface area contributed by atoms with Gasteiger partial charge in [0.15, 0.2) is 0 Å². The Hall–Kier alpha value is -3.20. The Balaban J connectivity index is 0.00000324. The third-order valence-electron chi connectivity index (χ3n) is 5.67. The number of carboxylic acids is 1. The summed E-state index contributed by atoms with van der Waals surface area (Å²) >= 11 is 6.05. The lowest BCUT2D eigenvalue weighted by Crippen LogP contribution is -2.05. The topological polar surface area (TPSA) is 131 Å². The lowest BCUT2D eigenvalue weighted by atomic mass is 9.93. The number of aromatic amines is 1. The lowest BCUT2D eigenvalue weighted by molar-refractivity contribution is -0.110. The minimum Gasteiger partial charge on any atom is -0.478 e. The molecule has 34 heavy (non-hydrogen) atoms. The fourth-order valence-electron chi connectivity index (χ4n) is 4.23. The molecule has 7 nitrogen and oxygen atoms in total. The summed E-state index contributed by atoms with van der Waals surface area (Å²) < 4.78 is 11.5. The highest BCUT2D eigenvalue weighted by molar-refractivity contribution is 7.84. The van der Waals surface area contributed by atoms with E-state index in [1.54, 1.807) is 31.4 Å². The third-order valence-corrected chi connectivity index (χ3v) is 6.78. The second kappa shape index (κ2) is 10.4. The summed E-state index contributed by atoms with van der Waals surface area (Å²) in [5.41, 5.74) is 5.61. The van der Waals surface area contributed by atoms with Crippen LogP contribution in [-0.4, -0.2) is 43.7 Å². The predicted molar refractivity (Wildman–Crippen MR) is 137 cm³/mol. The number of rotatable bonds is 7. The van der Waals surface area contributed by atoms with Crippen molar-refractivity contribution in [2.75, 3.05) is 17.3 Å². The number of carbonyl (C=O) groups excluding carboxylic acids is 1. The molecule has 5 N–H and O–H groups in total. The Morgan fingerprint density at radius 3 is 2.53 bits per heavy atom. The molecule has 2 heterocycles. The quantitative estimate of drug-likeness (QED) is 0.417. The van der Waals surface area contributed by atoms with E-state index >= 15 is 0 Å². The number of H-pyrrole nitrogens is 1. The summed E-state index contributed by atoms with van der Waals surface area (Å²) in [5, 5.41) is 13.3. The number of carbonyl (C=O) groups is 2. The molecule has 1 aliphatic heterocycles. The number of aryl methyl sites for hydroxylation is 1. The normalized spacial score (nSPS) is 14.4. The van der Waals surface area contributed by atoms with Crippen LogP contribution in [0.4, 0.5) is 5.69 Å². The first kappa shape index (κ1) is 25.4. The number of aromatic nitrogens is 1. The molecule has 1 atom stereocenters. The van der Waals surface area contributed by atoms with Crippen molar-refractivity contribution in [3.63, 3.8) is 0 Å². The zero-order valence-corrected chi connectivity index (χ0v) is 20.3. The van der Waals surface area contributed by atoms with Crippen LogP contribution in [0.3, 0.4) is 0 Å². The van der Waals surface area contributed by atoms with Crippen molar-refractivity contribution in [2.45, 2.75) is 19.8 Å². The van der Waals surface area contributed by atoms with E-state index < -0.39 is 16.8 Å². The van der Waals surface area contributed by atoms with Gasteiger partial charge in [-0.3, -0.25) is 9.00 Å². The van der Waals surface area contributed by atoms with Crippen LogP contribution in [0, 0.1) is 6.92 Å². The first-order valence-corrected chi connectivity index (χ1v) is 12.5. The molecule has 0 radical (unpaired) electrons. The molecule has 0 bridgehead atoms. The highest BCUT2D eigenvalue weighted by atomic mass is 35.5. The van der Waals surface area contributed by atoms with Gasteiger partial charge in [0.2, 0.25) is 0 Å². The van der Waals surface area contributed by atoms with Gasteiger partial charge >= 0.3 is 5.97 Å². The lowest BCUT2D eigenvalue weighted by Gasteiger charge is -2.09. The molecule has 0 saturated heterocycles. The van der Waals surface area contributed by atoms with E-state index in [0.29, 0.717) is 51.8 Å². The summed E-state index contributed by atoms with van der Waals surface area (Å²) in [6, 6.07) is 13.1. The SMILES string of the molecule is Cc1[nH]c(/C=C2\C(=O)Nc3cccc(-c4ccc(Cl)cc4)c32)c(CCCS(C)=O)c1C(=O)O.O. The van der Waals surface area contributed by atoms with Gasteiger partial charge in [0.05, 0.1) is 11.1 Å². The number of halogens is 1. The number of anilines is 1. The zero-order valence-electron chi connectivity index (χ0n) is 18.7. The van der Waals surface area contributed by atoms with Crippen LogP contribution in [0.15, 0.2) is 42.5 Å². The van der Waals surface area contributed by atoms with Crippen molar-refractivity contribution in [1.29, 1.82) is 0 Å². The van der Waals surface area contributed by atoms with E-state index in [0.717, 1.165) is 16.7 Å². The molecule has 4 rings (SSSR count). The molecule has 3 aromatic rings. The van der Waals surface area contributed by atoms with Crippen molar-refractivity contribution in [2.24, 2.45) is 0 Å². The van der Waals surface area contributed by atoms with Crippen LogP contribution in [0.25, 0.3) is 22.8 Å². The summed E-state index contributed by atoms with van der Waals surface area (Å²) in [5.74, 6) is -0.807. The van der Waals surface area contributed by atoms with Crippen molar-refractivity contribution in [3.8, 4) is 11.1 Å². The number of hydrogen-bond acceptors (Lipinski definition) is 3. The van der Waals surface area contributed by atoms with Gasteiger partial charge in [0.25, 0.3) is 5.91 Å². The maximum absolute atomic E-state index is 12.9. The summed E-state index contributed by atoms with van der Waals surface area (Å²) in [4.78, 5) is 28.0. The van der Waals surface area contributed by atoms with Crippen molar-refractivity contribution < 1.29 is 24.4 Å². The van der Waals surface area contributed by atoms with E-state index in [1.807, 2.05) is 30.3 Å². The van der Waals surface area contributed by atoms with Gasteiger partial charge in [-0.15, -0.1) is 0 Å². The molecular weight excluding hydrogens is 476 g/mol. The maximum Gasteiger partial charge on any atom is 0.337 e. The highest BCUT2D eigenvalue weighted by Gasteiger charge is 2.29. The van der Waals surface area contributed by atoms with Crippen LogP contribution in [0.2, 0.25) is 5.02 Å². The second-order valence-electron chi connectivity index (χ2n) is 7.95. The third kappa shape index (κ3) is 4.99. The molecule has 1 aliphatic rings. The Morgan fingerprint density at radius 1 is 1.18 bits per heavy atom. The zero-order chi connectivity index (χ0) is 23.7. The van der Waals surface area contributed by atoms with E-state index in [2.05, 4.69) is 10.3 Å². The maximum atomic E-state index is 12.9. The Labute approximate surface area is 204 Å². The van der Waals surface area contributed by atoms with Crippen LogP contribution in [-0.2, 0) is 22.0 Å². The molecule has 0 saturated carbocycles. The van der Waals surface area contributed by atoms with Crippen molar-refractivity contribution in [1.82, 2.24) is 4.98 Å². The molecule has 1 unspecified atom stereocenters. The molecule has 9 heteroatoms. The molecule has 1 amide bonds. The largest absolute Gasteiger partial charge is 0.478 e. The smallest absolute Gasteiger partial charge is 0.337 e. The van der Waals surface area contributed by atoms with Gasteiger partial charge in [-0.25, -0.2) is 4.79 Å². The minimum absolute atomic E-state index is 0. The summed E-state index contributed by atoms with van der Waals surface area (Å²) in [6.45, 7) is 1.70. The number of aromatic carboxylic acids is 1. The number of carboxylic acid groups (broad SMARTS) is 1. The van der Waals surface area contributed by atoms with Crippen LogP contribution in [0.5, 0.6) is 0 Å². The standard InChI is InChI=1S/C25H23ClN2O4S.H2O/c1-14-22(25(30)31)18(6-4-12-33(2)32)21(27-14)13-19-23-17(15-8-10-16(26)11-9-15)5-3-7-20(23)28-24(19)29;/h3,5,7-11,13,27H,4,6,12H2,1-2H3,(H,28,29)(H,30,31);1H2/b19-13-;. The van der Waals surface area contributed by atoms with E-state index in [1.165, 1.54) is 0 Å². The molecule has 0 spiro atoms. The fraction of sp³-hybridized carbons (Fsp3) is 0.200. The van der Waals surface area contributed by atoms with E-state index in [4.69, 9.17) is 11.6 Å². The first-order valence-electron chi connectivity index (χ1n) is 10.4. The average Bonchev–Trinajstić information content (AvgIpc) is 3.24. The predicted octanol–water partition coefficient (Wildman–Crippen LogP) is 4.32. The molecular formula is C25H25ClN2O5S. The van der Waals surface area contributed by atoms with Gasteiger partial charge in [0.1, 0.15) is 0 Å². The van der Waals surface area contributed by atoms with Crippen LogP contribution < -0.4 is 5.32 Å². The van der Waals surface area contributed by atoms with Crippen molar-refractivity contribution in [3.05, 3.63) is 75.6 Å². The first-order chi connectivity index (χ1) is 15.8. The minimum atomic E-state index is -1.03. The van der Waals surface area contributed by atoms with Gasteiger partial charge in [-0.2, -0.15) is 0 Å². The Kier molecular flexibility index (Phi) is 7.76. The Bertz CT molecular complexity index is 1310. The summed E-state index contributed by atoms with van der Waals surface area (Å²) in [7, 11) is -0.968. The van der Waals surface area contributed by atoms with Gasteiger partial charge in [-0.1, -0.05) is 35.9 Å². The molecule has 0 aliphatic carbocycles. The van der Waals surface area contributed by atoms with E-state index in [9.17, 15) is 18.9 Å². The molecule has 1 aromatic heterocycles. The monoisotopic (exact) mass is 500 g/mol. The Morgan fingerprint density at radius 2 is 1.88 bits per heavy atom. The van der Waals surface area contributed by atoms with Crippen molar-refractivity contribution >= 4 is 51.6 Å². The average molecular weight is 501 g/mol. The fourth-order valence-corrected chi connectivity index (χ4v) is 4.90. The highest BCUT2D eigenvalue weighted by Crippen LogP contribution is 2.41. The number of amides is 1. The van der Waals surface area contributed by atoms with Crippen LogP contribution in [0.1, 0.15) is 39.3 Å². The van der Waals surface area contributed by atoms with E-state index in [-0.39, 0.29) is 16.9 Å². The molecule has 178 valence electrons. The van der Waals surface area contributed by atoms with Gasteiger partial charge in [0, 0.05) is 50.5 Å². The second-order valence-corrected chi connectivity index (χ2v) is 9.94. The number of fused-ring (bicyclic) bond motifs is 1. The summed E-state index contributed by atoms with van der Waals surface area (Å²) in [6.07, 6.45) is 4.37. The molecule has 2 aromatic carbocycles. The number of nitrogens with one attached hydrogen (secondary N) is 2. The van der Waals surface area contributed by atoms with Gasteiger partial charge < -0.3 is 20.9 Å². The number of hydrogen-bond donors (Lipinski definition) is 3. The molecule has 0 fully saturated rings.